The number of methoxy groups -OCH3 is 1. The highest BCUT2D eigenvalue weighted by molar-refractivity contribution is 5.36. The van der Waals surface area contributed by atoms with E-state index in [1.807, 2.05) is 13.0 Å². The molecule has 0 saturated heterocycles. The zero-order valence-corrected chi connectivity index (χ0v) is 10.8. The number of aromatic nitrogens is 1. The zero-order chi connectivity index (χ0) is 12.7. The summed E-state index contributed by atoms with van der Waals surface area (Å²) in [6.07, 6.45) is 6.37. The normalized spacial score (nSPS) is 10.3. The van der Waals surface area contributed by atoms with E-state index in [9.17, 15) is 0 Å². The minimum atomic E-state index is 0.479. The van der Waals surface area contributed by atoms with Crippen LogP contribution in [0.4, 0.5) is 0 Å². The van der Waals surface area contributed by atoms with Crippen molar-refractivity contribution >= 4 is 0 Å². The second-order valence-corrected chi connectivity index (χ2v) is 4.15. The molecule has 0 fully saturated rings. The lowest BCUT2D eigenvalue weighted by molar-refractivity contribution is 0.390. The monoisotopic (exact) mass is 234 g/mol. The Morgan fingerprint density at radius 2 is 2.24 bits per heavy atom. The van der Waals surface area contributed by atoms with Gasteiger partial charge in [0.05, 0.1) is 7.11 Å². The van der Waals surface area contributed by atoms with Crippen molar-refractivity contribution in [3.8, 4) is 5.88 Å². The Bertz CT molecular complexity index is 375. The van der Waals surface area contributed by atoms with Gasteiger partial charge in [0.2, 0.25) is 5.88 Å². The van der Waals surface area contributed by atoms with Crippen molar-refractivity contribution in [3.05, 3.63) is 35.5 Å². The van der Waals surface area contributed by atoms with Gasteiger partial charge in [-0.25, -0.2) is 4.98 Å². The molecule has 94 valence electrons. The Balaban J connectivity index is 2.81. The van der Waals surface area contributed by atoms with Crippen molar-refractivity contribution in [2.75, 3.05) is 7.11 Å². The SMILES string of the molecule is C=CCCCCc1cc(C)nc(OC)c1CN. The quantitative estimate of drug-likeness (QED) is 0.583. The highest BCUT2D eigenvalue weighted by Gasteiger charge is 2.10. The van der Waals surface area contributed by atoms with E-state index < -0.39 is 0 Å². The number of ether oxygens (including phenoxy) is 1. The van der Waals surface area contributed by atoms with Gasteiger partial charge >= 0.3 is 0 Å². The Labute approximate surface area is 104 Å². The highest BCUT2D eigenvalue weighted by atomic mass is 16.5. The topological polar surface area (TPSA) is 48.1 Å². The van der Waals surface area contributed by atoms with Crippen LogP contribution in [0.3, 0.4) is 0 Å². The van der Waals surface area contributed by atoms with Crippen molar-refractivity contribution < 1.29 is 4.74 Å². The fourth-order valence-electron chi connectivity index (χ4n) is 1.95. The molecule has 1 aromatic heterocycles. The van der Waals surface area contributed by atoms with Crippen LogP contribution in [0.2, 0.25) is 0 Å². The second kappa shape index (κ2) is 7.07. The molecule has 0 aliphatic rings. The summed E-state index contributed by atoms with van der Waals surface area (Å²) in [5.74, 6) is 0.672. The molecular formula is C14H22N2O. The van der Waals surface area contributed by atoms with E-state index in [-0.39, 0.29) is 0 Å². The summed E-state index contributed by atoms with van der Waals surface area (Å²) in [5.41, 5.74) is 9.06. The molecular weight excluding hydrogens is 212 g/mol. The Hall–Kier alpha value is -1.35. The van der Waals surface area contributed by atoms with Crippen LogP contribution in [0, 0.1) is 6.92 Å². The van der Waals surface area contributed by atoms with Gasteiger partial charge < -0.3 is 10.5 Å². The minimum Gasteiger partial charge on any atom is -0.481 e. The first-order valence-electron chi connectivity index (χ1n) is 6.07. The minimum absolute atomic E-state index is 0.479. The van der Waals surface area contributed by atoms with Crippen molar-refractivity contribution in [2.24, 2.45) is 5.73 Å². The maximum Gasteiger partial charge on any atom is 0.218 e. The van der Waals surface area contributed by atoms with E-state index in [0.29, 0.717) is 12.4 Å². The number of nitrogens with zero attached hydrogens (tertiary/aromatic N) is 1. The van der Waals surface area contributed by atoms with Crippen LogP contribution in [0.5, 0.6) is 5.88 Å². The van der Waals surface area contributed by atoms with E-state index in [4.69, 9.17) is 10.5 Å². The molecule has 3 nitrogen and oxygen atoms in total. The first-order valence-corrected chi connectivity index (χ1v) is 6.07. The van der Waals surface area contributed by atoms with Gasteiger partial charge in [-0.2, -0.15) is 0 Å². The molecule has 0 aliphatic heterocycles. The van der Waals surface area contributed by atoms with Gasteiger partial charge in [0.1, 0.15) is 0 Å². The third-order valence-electron chi connectivity index (χ3n) is 2.81. The summed E-state index contributed by atoms with van der Waals surface area (Å²) in [6, 6.07) is 2.11. The molecule has 1 heterocycles. The zero-order valence-electron chi connectivity index (χ0n) is 10.8. The largest absolute Gasteiger partial charge is 0.481 e. The number of aryl methyl sites for hydroxylation is 2. The van der Waals surface area contributed by atoms with E-state index in [1.165, 1.54) is 5.56 Å². The molecule has 1 aromatic rings. The average molecular weight is 234 g/mol. The highest BCUT2D eigenvalue weighted by Crippen LogP contribution is 2.22. The van der Waals surface area contributed by atoms with Crippen LogP contribution in [0.25, 0.3) is 0 Å². The molecule has 2 N–H and O–H groups in total. The molecule has 0 aromatic carbocycles. The summed E-state index contributed by atoms with van der Waals surface area (Å²) in [7, 11) is 1.64. The molecule has 0 amide bonds. The number of hydrogen-bond acceptors (Lipinski definition) is 3. The molecule has 0 radical (unpaired) electrons. The maximum atomic E-state index is 5.77. The predicted molar refractivity (Wildman–Crippen MR) is 71.2 cm³/mol. The van der Waals surface area contributed by atoms with Crippen molar-refractivity contribution in [1.82, 2.24) is 4.98 Å². The van der Waals surface area contributed by atoms with Crippen LogP contribution in [-0.2, 0) is 13.0 Å². The van der Waals surface area contributed by atoms with Crippen LogP contribution in [0.1, 0.15) is 36.1 Å². The van der Waals surface area contributed by atoms with Gasteiger partial charge in [-0.05, 0) is 44.2 Å². The summed E-state index contributed by atoms with van der Waals surface area (Å²) < 4.78 is 5.28. The molecule has 3 heteroatoms. The number of nitrogens with two attached hydrogens (primary N) is 1. The lowest BCUT2D eigenvalue weighted by Crippen LogP contribution is -2.07. The van der Waals surface area contributed by atoms with E-state index in [1.54, 1.807) is 7.11 Å². The first kappa shape index (κ1) is 13.7. The number of unbranched alkanes of at least 4 members (excludes halogenated alkanes) is 2. The van der Waals surface area contributed by atoms with Crippen molar-refractivity contribution in [3.63, 3.8) is 0 Å². The van der Waals surface area contributed by atoms with Gasteiger partial charge in [-0.1, -0.05) is 6.08 Å². The van der Waals surface area contributed by atoms with E-state index in [2.05, 4.69) is 17.6 Å². The van der Waals surface area contributed by atoms with Crippen LogP contribution in [0.15, 0.2) is 18.7 Å². The summed E-state index contributed by atoms with van der Waals surface area (Å²) >= 11 is 0. The molecule has 0 unspecified atom stereocenters. The summed E-state index contributed by atoms with van der Waals surface area (Å²) in [6.45, 7) is 6.19. The van der Waals surface area contributed by atoms with E-state index >= 15 is 0 Å². The molecule has 0 atom stereocenters. The maximum absolute atomic E-state index is 5.77. The van der Waals surface area contributed by atoms with Crippen molar-refractivity contribution in [2.45, 2.75) is 39.2 Å². The Kier molecular flexibility index (Phi) is 5.70. The molecule has 0 spiro atoms. The lowest BCUT2D eigenvalue weighted by Gasteiger charge is -2.12. The second-order valence-electron chi connectivity index (χ2n) is 4.15. The Morgan fingerprint density at radius 3 is 2.82 bits per heavy atom. The fourth-order valence-corrected chi connectivity index (χ4v) is 1.95. The summed E-state index contributed by atoms with van der Waals surface area (Å²) in [5, 5.41) is 0. The summed E-state index contributed by atoms with van der Waals surface area (Å²) in [4.78, 5) is 4.35. The number of hydrogen-bond donors (Lipinski definition) is 1. The van der Waals surface area contributed by atoms with Crippen LogP contribution in [-0.4, -0.2) is 12.1 Å². The molecule has 1 rings (SSSR count). The molecule has 0 saturated carbocycles. The Morgan fingerprint density at radius 1 is 1.47 bits per heavy atom. The van der Waals surface area contributed by atoms with Gasteiger partial charge in [-0.3, -0.25) is 0 Å². The molecule has 0 aliphatic carbocycles. The van der Waals surface area contributed by atoms with Crippen LogP contribution < -0.4 is 10.5 Å². The van der Waals surface area contributed by atoms with Gasteiger partial charge in [-0.15, -0.1) is 6.58 Å². The molecule has 17 heavy (non-hydrogen) atoms. The average Bonchev–Trinajstić information content (AvgIpc) is 2.33. The fraction of sp³-hybridized carbons (Fsp3) is 0.500. The predicted octanol–water partition coefficient (Wildman–Crippen LogP) is 2.76. The number of allylic oxidation sites excluding steroid dienone is 1. The van der Waals surface area contributed by atoms with Crippen molar-refractivity contribution in [1.29, 1.82) is 0 Å². The lowest BCUT2D eigenvalue weighted by atomic mass is 10.0. The standard InChI is InChI=1S/C14H22N2O/c1-4-5-6-7-8-12-9-11(2)16-14(17-3)13(12)10-15/h4,9H,1,5-8,10,15H2,2-3H3. The van der Waals surface area contributed by atoms with Crippen LogP contribution >= 0.6 is 0 Å². The van der Waals surface area contributed by atoms with Gasteiger partial charge in [0.15, 0.2) is 0 Å². The third-order valence-corrected chi connectivity index (χ3v) is 2.81. The van der Waals surface area contributed by atoms with Gasteiger partial charge in [0, 0.05) is 17.8 Å². The number of pyridine rings is 1. The molecule has 0 bridgehead atoms. The third kappa shape index (κ3) is 3.86. The van der Waals surface area contributed by atoms with E-state index in [0.717, 1.165) is 36.9 Å². The first-order chi connectivity index (χ1) is 8.22. The van der Waals surface area contributed by atoms with Gasteiger partial charge in [0.25, 0.3) is 0 Å². The number of rotatable bonds is 7. The smallest absolute Gasteiger partial charge is 0.218 e.